The lowest BCUT2D eigenvalue weighted by molar-refractivity contribution is 0.368. The molecule has 0 radical (unpaired) electrons. The highest BCUT2D eigenvalue weighted by Gasteiger charge is 2.35. The van der Waals surface area contributed by atoms with Gasteiger partial charge in [-0.15, -0.1) is 0 Å². The molecule has 0 saturated carbocycles. The lowest BCUT2D eigenvalue weighted by atomic mass is 9.91. The minimum Gasteiger partial charge on any atom is -0.357 e. The van der Waals surface area contributed by atoms with Gasteiger partial charge in [-0.25, -0.2) is 43.9 Å². The quantitative estimate of drug-likeness (QED) is 0.0753. The normalized spacial score (nSPS) is 15.1. The van der Waals surface area contributed by atoms with Crippen LogP contribution in [0.3, 0.4) is 0 Å². The Balaban J connectivity index is 1.19. The Morgan fingerprint density at radius 1 is 0.281 bits per heavy atom. The molecular formula is C46H26F10N8. The van der Waals surface area contributed by atoms with Gasteiger partial charge in [-0.05, 0) is 72.8 Å². The van der Waals surface area contributed by atoms with Crippen LogP contribution in [0.1, 0.15) is 68.5 Å². The number of halogens is 10. The first kappa shape index (κ1) is 41.3. The van der Waals surface area contributed by atoms with Gasteiger partial charge in [0.05, 0.1) is 82.2 Å². The Morgan fingerprint density at radius 3 is 0.734 bits per heavy atom. The number of hydrogen-bond donors (Lipinski definition) is 4. The van der Waals surface area contributed by atoms with Crippen LogP contribution in [0.15, 0.2) is 117 Å². The summed E-state index contributed by atoms with van der Waals surface area (Å²) in [7, 11) is 0. The topological polar surface area (TPSA) is 113 Å². The molecule has 0 spiro atoms. The third-order valence-corrected chi connectivity index (χ3v) is 10.4. The Hall–Kier alpha value is -8.02. The van der Waals surface area contributed by atoms with Crippen molar-refractivity contribution >= 4 is 47.6 Å². The van der Waals surface area contributed by atoms with Crippen molar-refractivity contribution < 1.29 is 43.9 Å². The van der Waals surface area contributed by atoms with Crippen molar-refractivity contribution in [3.63, 3.8) is 0 Å². The molecule has 1 aliphatic heterocycles. The molecule has 9 rings (SSSR count). The summed E-state index contributed by atoms with van der Waals surface area (Å²) in [5.41, 5.74) is 0.130. The van der Waals surface area contributed by atoms with E-state index in [4.69, 9.17) is 0 Å². The maximum atomic E-state index is 15.5. The van der Waals surface area contributed by atoms with Crippen molar-refractivity contribution in [1.29, 1.82) is 0 Å². The van der Waals surface area contributed by atoms with E-state index in [1.54, 1.807) is 48.5 Å². The number of hydrogen-bond acceptors (Lipinski definition) is 4. The number of nitrogens with zero attached hydrogens (tertiary/aromatic N) is 4. The van der Waals surface area contributed by atoms with Gasteiger partial charge in [0.2, 0.25) is 11.6 Å². The van der Waals surface area contributed by atoms with Gasteiger partial charge in [-0.1, -0.05) is 24.3 Å². The number of rotatable bonds is 2. The molecule has 4 N–H and O–H groups in total. The van der Waals surface area contributed by atoms with E-state index in [9.17, 15) is 26.3 Å². The molecule has 8 nitrogen and oxygen atoms in total. The zero-order chi connectivity index (χ0) is 44.8. The average molecular weight is 881 g/mol. The molecule has 5 heterocycles. The summed E-state index contributed by atoms with van der Waals surface area (Å²) in [4.78, 5) is 29.8. The molecule has 4 aromatic carbocycles. The molecule has 0 aliphatic carbocycles. The highest BCUT2D eigenvalue weighted by molar-refractivity contribution is 5.87. The smallest absolute Gasteiger partial charge is 0.200 e. The van der Waals surface area contributed by atoms with E-state index in [1.165, 1.54) is 73.4 Å². The first-order valence-electron chi connectivity index (χ1n) is 19.0. The number of H-pyrrole nitrogens is 4. The van der Waals surface area contributed by atoms with E-state index < -0.39 is 81.1 Å². The van der Waals surface area contributed by atoms with Crippen molar-refractivity contribution in [2.24, 2.45) is 20.0 Å². The molecule has 0 saturated heterocycles. The van der Waals surface area contributed by atoms with Crippen molar-refractivity contribution in [1.82, 2.24) is 19.9 Å². The Kier molecular flexibility index (Phi) is 10.8. The van der Waals surface area contributed by atoms with Gasteiger partial charge in [-0.2, -0.15) is 0 Å². The zero-order valence-corrected chi connectivity index (χ0v) is 32.3. The van der Waals surface area contributed by atoms with Crippen molar-refractivity contribution in [2.75, 3.05) is 0 Å². The van der Waals surface area contributed by atoms with Crippen LogP contribution in [0.5, 0.6) is 0 Å². The predicted molar refractivity (Wildman–Crippen MR) is 219 cm³/mol. The maximum absolute atomic E-state index is 15.5. The van der Waals surface area contributed by atoms with Crippen LogP contribution in [-0.2, 0) is 0 Å². The lowest BCUT2D eigenvalue weighted by Gasteiger charge is -2.18. The van der Waals surface area contributed by atoms with Gasteiger partial charge >= 0.3 is 0 Å². The number of aromatic nitrogens is 4. The van der Waals surface area contributed by atoms with Gasteiger partial charge < -0.3 is 19.9 Å². The van der Waals surface area contributed by atoms with E-state index in [0.717, 1.165) is 0 Å². The molecule has 0 atom stereocenters. The second-order valence-electron chi connectivity index (χ2n) is 14.3. The fourth-order valence-corrected chi connectivity index (χ4v) is 7.32. The summed E-state index contributed by atoms with van der Waals surface area (Å²) < 4.78 is 149. The van der Waals surface area contributed by atoms with Crippen LogP contribution in [0.2, 0.25) is 0 Å². The molecule has 1 aliphatic rings. The summed E-state index contributed by atoms with van der Waals surface area (Å²) in [5, 5.41) is 0. The van der Waals surface area contributed by atoms with Crippen LogP contribution in [0.4, 0.5) is 66.7 Å². The van der Waals surface area contributed by atoms with Crippen LogP contribution < -0.4 is 0 Å². The van der Waals surface area contributed by atoms with Gasteiger partial charge in [0.15, 0.2) is 46.5 Å². The van der Waals surface area contributed by atoms with Crippen LogP contribution in [0, 0.1) is 58.2 Å². The second kappa shape index (κ2) is 16.7. The summed E-state index contributed by atoms with van der Waals surface area (Å²) in [6.45, 7) is 0. The average Bonchev–Trinajstić information content (AvgIpc) is 4.16. The molecule has 8 bridgehead atoms. The number of para-hydroxylation sites is 4. The second-order valence-corrected chi connectivity index (χ2v) is 14.3. The minimum absolute atomic E-state index is 0.0293. The summed E-state index contributed by atoms with van der Waals surface area (Å²) in [6, 6.07) is 24.6. The Labute approximate surface area is 354 Å². The highest BCUT2D eigenvalue weighted by atomic mass is 19.2. The first-order chi connectivity index (χ1) is 30.9. The zero-order valence-electron chi connectivity index (χ0n) is 32.3. The van der Waals surface area contributed by atoms with Crippen molar-refractivity contribution in [3.8, 4) is 0 Å². The third kappa shape index (κ3) is 7.52. The molecule has 0 fully saturated rings. The molecule has 18 heteroatoms. The fraction of sp³-hybridized carbons (Fsp3) is 0.0435. The summed E-state index contributed by atoms with van der Waals surface area (Å²) in [5.74, 6) is -24.3. The molecule has 0 amide bonds. The van der Waals surface area contributed by atoms with E-state index in [-0.39, 0.29) is 45.6 Å². The van der Waals surface area contributed by atoms with Crippen LogP contribution in [0.25, 0.3) is 0 Å². The first-order valence-corrected chi connectivity index (χ1v) is 19.0. The molecule has 8 aromatic rings. The van der Waals surface area contributed by atoms with Crippen molar-refractivity contribution in [3.05, 3.63) is 212 Å². The number of aliphatic imine (C=N–C) groups is 4. The highest BCUT2D eigenvalue weighted by Crippen LogP contribution is 2.39. The Morgan fingerprint density at radius 2 is 0.500 bits per heavy atom. The monoisotopic (exact) mass is 880 g/mol. The van der Waals surface area contributed by atoms with Crippen LogP contribution in [-0.4, -0.2) is 44.8 Å². The number of nitrogens with one attached hydrogen (secondary N) is 4. The molecule has 64 heavy (non-hydrogen) atoms. The number of aromatic amines is 4. The Bertz CT molecular complexity index is 2810. The van der Waals surface area contributed by atoms with Crippen LogP contribution >= 0.6 is 0 Å². The summed E-state index contributed by atoms with van der Waals surface area (Å²) >= 11 is 0. The van der Waals surface area contributed by atoms with E-state index in [1.807, 2.05) is 0 Å². The number of benzene rings is 4. The van der Waals surface area contributed by atoms with Gasteiger partial charge in [0.25, 0.3) is 0 Å². The third-order valence-electron chi connectivity index (χ3n) is 10.4. The van der Waals surface area contributed by atoms with Crippen molar-refractivity contribution in [2.45, 2.75) is 11.8 Å². The van der Waals surface area contributed by atoms with Gasteiger partial charge in [0, 0.05) is 33.9 Å². The van der Waals surface area contributed by atoms with E-state index in [2.05, 4.69) is 39.9 Å². The molecule has 4 aromatic heterocycles. The maximum Gasteiger partial charge on any atom is 0.200 e. The standard InChI is InChI=1S/C46H26F10N8/c47-37-35(38(48)42(52)45(55)41(37)51)33-29-13-9-21(61-29)17-57-25-5-1-2-6-26(25)58-18-22-10-14-30(62-22)34(36-39(49)43(53)46(56)44(54)40(36)50)32-16-12-24(64-32)20-60-28-8-4-3-7-27(28)59-19-23-11-15-31(33)63-23/h1-20,33-34,61-64H. The number of fused-ring (bicyclic) bond motifs is 10. The summed E-state index contributed by atoms with van der Waals surface area (Å²) in [6.07, 6.45) is 5.37. The molecular weight excluding hydrogens is 855 g/mol. The van der Waals surface area contributed by atoms with Gasteiger partial charge in [-0.3, -0.25) is 20.0 Å². The van der Waals surface area contributed by atoms with E-state index in [0.29, 0.717) is 22.7 Å². The molecule has 0 unspecified atom stereocenters. The largest absolute Gasteiger partial charge is 0.357 e. The van der Waals surface area contributed by atoms with Gasteiger partial charge in [0.1, 0.15) is 0 Å². The predicted octanol–water partition coefficient (Wildman–Crippen LogP) is 12.1. The SMILES string of the molecule is Fc1c(F)c(F)c(C2c3ccc([nH]3)C=Nc3ccccc3N=Cc3ccc([nH]3)C(c3c(F)c(F)c(F)c(F)c3F)c3ccc([nH]3)C=Nc3ccccc3N=Cc3ccc2[nH]3)c(F)c1F. The minimum atomic E-state index is -2.31. The van der Waals surface area contributed by atoms with E-state index >= 15 is 17.6 Å². The lowest BCUT2D eigenvalue weighted by Crippen LogP contribution is -2.14. The molecule has 320 valence electrons. The fourth-order valence-electron chi connectivity index (χ4n) is 7.32.